The fourth-order valence-electron chi connectivity index (χ4n) is 3.28. The summed E-state index contributed by atoms with van der Waals surface area (Å²) in [4.78, 5) is 23.1. The van der Waals surface area contributed by atoms with Crippen LogP contribution in [0.1, 0.15) is 41.6 Å². The maximum absolute atomic E-state index is 11.9. The molecule has 1 heterocycles. The van der Waals surface area contributed by atoms with Crippen molar-refractivity contribution in [3.05, 3.63) is 21.7 Å². The molecule has 0 spiro atoms. The van der Waals surface area contributed by atoms with Crippen molar-refractivity contribution < 1.29 is 24.2 Å². The molecule has 0 amide bonds. The molecule has 112 valence electrons. The van der Waals surface area contributed by atoms with Gasteiger partial charge in [-0.05, 0) is 18.9 Å². The van der Waals surface area contributed by atoms with Gasteiger partial charge in [0.05, 0.1) is 11.0 Å². The number of aldehydes is 1. The number of carbonyl (C=O) groups excluding carboxylic acids is 1. The number of carboxylic acid groups (broad SMARTS) is 1. The van der Waals surface area contributed by atoms with Crippen molar-refractivity contribution in [2.75, 3.05) is 13.2 Å². The SMILES string of the molecule is O=Cc1cc(Br)c(C2(C(=O)O)CCCC2)c2c1OCCO2. The smallest absolute Gasteiger partial charge is 0.314 e. The molecule has 0 aromatic heterocycles. The minimum absolute atomic E-state index is 0.352. The molecular formula is C15H15BrO5. The maximum Gasteiger partial charge on any atom is 0.314 e. The molecule has 2 aliphatic rings. The molecule has 1 N–H and O–H groups in total. The van der Waals surface area contributed by atoms with Gasteiger partial charge in [0.1, 0.15) is 13.2 Å². The number of aliphatic carboxylic acids is 1. The summed E-state index contributed by atoms with van der Waals surface area (Å²) in [7, 11) is 0. The van der Waals surface area contributed by atoms with E-state index in [4.69, 9.17) is 9.47 Å². The maximum atomic E-state index is 11.9. The molecule has 6 heteroatoms. The third kappa shape index (κ3) is 2.12. The van der Waals surface area contributed by atoms with E-state index >= 15 is 0 Å². The van der Waals surface area contributed by atoms with E-state index in [0.29, 0.717) is 59.4 Å². The molecule has 5 nitrogen and oxygen atoms in total. The lowest BCUT2D eigenvalue weighted by atomic mass is 9.78. The van der Waals surface area contributed by atoms with Crippen LogP contribution in [-0.4, -0.2) is 30.6 Å². The highest BCUT2D eigenvalue weighted by Crippen LogP contribution is 2.52. The number of rotatable bonds is 3. The van der Waals surface area contributed by atoms with Crippen LogP contribution in [0.25, 0.3) is 0 Å². The summed E-state index contributed by atoms with van der Waals surface area (Å²) < 4.78 is 11.8. The first-order chi connectivity index (χ1) is 10.1. The van der Waals surface area contributed by atoms with Gasteiger partial charge in [0.2, 0.25) is 0 Å². The van der Waals surface area contributed by atoms with Crippen molar-refractivity contribution in [1.29, 1.82) is 0 Å². The number of carboxylic acids is 1. The Kier molecular flexibility index (Phi) is 3.65. The second-order valence-corrected chi connectivity index (χ2v) is 6.24. The zero-order chi connectivity index (χ0) is 15.0. The molecule has 21 heavy (non-hydrogen) atoms. The highest BCUT2D eigenvalue weighted by atomic mass is 79.9. The summed E-state index contributed by atoms with van der Waals surface area (Å²) >= 11 is 3.42. The number of halogens is 1. The normalized spacial score (nSPS) is 19.3. The molecule has 0 saturated heterocycles. The summed E-state index contributed by atoms with van der Waals surface area (Å²) in [5.74, 6) is -0.0834. The van der Waals surface area contributed by atoms with Gasteiger partial charge in [-0.3, -0.25) is 9.59 Å². The number of carbonyl (C=O) groups is 2. The Labute approximate surface area is 130 Å². The molecule has 1 fully saturated rings. The summed E-state index contributed by atoms with van der Waals surface area (Å²) in [6.07, 6.45) is 3.56. The summed E-state index contributed by atoms with van der Waals surface area (Å²) in [5, 5.41) is 9.78. The predicted octanol–water partition coefficient (Wildman–Crippen LogP) is 2.93. The van der Waals surface area contributed by atoms with Crippen LogP contribution in [-0.2, 0) is 10.2 Å². The Morgan fingerprint density at radius 3 is 2.43 bits per heavy atom. The van der Waals surface area contributed by atoms with Crippen molar-refractivity contribution in [2.45, 2.75) is 31.1 Å². The third-order valence-electron chi connectivity index (χ3n) is 4.26. The second-order valence-electron chi connectivity index (χ2n) is 5.39. The van der Waals surface area contributed by atoms with Gasteiger partial charge in [0.15, 0.2) is 17.8 Å². The molecule has 1 saturated carbocycles. The Morgan fingerprint density at radius 2 is 1.86 bits per heavy atom. The number of hydrogen-bond donors (Lipinski definition) is 1. The molecule has 1 aliphatic heterocycles. The van der Waals surface area contributed by atoms with Crippen LogP contribution in [0.5, 0.6) is 11.5 Å². The molecule has 0 radical (unpaired) electrons. The number of hydrogen-bond acceptors (Lipinski definition) is 4. The third-order valence-corrected chi connectivity index (χ3v) is 4.89. The highest BCUT2D eigenvalue weighted by Gasteiger charge is 2.47. The molecule has 0 unspecified atom stereocenters. The largest absolute Gasteiger partial charge is 0.486 e. The van der Waals surface area contributed by atoms with Gasteiger partial charge in [0, 0.05) is 10.0 Å². The Balaban J connectivity index is 2.27. The Hall–Kier alpha value is -1.56. The quantitative estimate of drug-likeness (QED) is 0.844. The van der Waals surface area contributed by atoms with Crippen molar-refractivity contribution in [2.24, 2.45) is 0 Å². The molecule has 0 bridgehead atoms. The lowest BCUT2D eigenvalue weighted by molar-refractivity contribution is -0.143. The van der Waals surface area contributed by atoms with Crippen LogP contribution in [0, 0.1) is 0 Å². The predicted molar refractivity (Wildman–Crippen MR) is 78.3 cm³/mol. The van der Waals surface area contributed by atoms with Crippen molar-refractivity contribution in [1.82, 2.24) is 0 Å². The minimum atomic E-state index is -0.967. The Bertz CT molecular complexity index is 605. The number of benzene rings is 1. The minimum Gasteiger partial charge on any atom is -0.486 e. The molecule has 3 rings (SSSR count). The van der Waals surface area contributed by atoms with Crippen molar-refractivity contribution in [3.8, 4) is 11.5 Å². The molecular weight excluding hydrogens is 340 g/mol. The zero-order valence-corrected chi connectivity index (χ0v) is 12.9. The van der Waals surface area contributed by atoms with E-state index in [1.54, 1.807) is 6.07 Å². The molecule has 0 atom stereocenters. The van der Waals surface area contributed by atoms with Crippen molar-refractivity contribution >= 4 is 28.2 Å². The van der Waals surface area contributed by atoms with E-state index in [1.165, 1.54) is 0 Å². The van der Waals surface area contributed by atoms with E-state index in [0.717, 1.165) is 12.8 Å². The van der Waals surface area contributed by atoms with Gasteiger partial charge in [-0.1, -0.05) is 28.8 Å². The monoisotopic (exact) mass is 354 g/mol. The van der Waals surface area contributed by atoms with Crippen LogP contribution in [0.15, 0.2) is 10.5 Å². The fraction of sp³-hybridized carbons (Fsp3) is 0.467. The van der Waals surface area contributed by atoms with Gasteiger partial charge in [-0.15, -0.1) is 0 Å². The summed E-state index contributed by atoms with van der Waals surface area (Å²) in [5.41, 5.74) is 0.0112. The van der Waals surface area contributed by atoms with E-state index in [-0.39, 0.29) is 0 Å². The van der Waals surface area contributed by atoms with Gasteiger partial charge < -0.3 is 14.6 Å². The van der Waals surface area contributed by atoms with Crippen molar-refractivity contribution in [3.63, 3.8) is 0 Å². The fourth-order valence-corrected chi connectivity index (χ4v) is 4.09. The Morgan fingerprint density at radius 1 is 1.24 bits per heavy atom. The lowest BCUT2D eigenvalue weighted by Crippen LogP contribution is -2.34. The van der Waals surface area contributed by atoms with E-state index in [1.807, 2.05) is 0 Å². The average molecular weight is 355 g/mol. The second kappa shape index (κ2) is 5.33. The molecule has 1 aromatic carbocycles. The van der Waals surface area contributed by atoms with Gasteiger partial charge in [-0.2, -0.15) is 0 Å². The lowest BCUT2D eigenvalue weighted by Gasteiger charge is -2.31. The van der Waals surface area contributed by atoms with Crippen LogP contribution in [0.2, 0.25) is 0 Å². The van der Waals surface area contributed by atoms with Gasteiger partial charge in [-0.25, -0.2) is 0 Å². The summed E-state index contributed by atoms with van der Waals surface area (Å²) in [6.45, 7) is 0.708. The van der Waals surface area contributed by atoms with E-state index < -0.39 is 11.4 Å². The zero-order valence-electron chi connectivity index (χ0n) is 11.4. The van der Waals surface area contributed by atoms with Crippen LogP contribution in [0.3, 0.4) is 0 Å². The van der Waals surface area contributed by atoms with Crippen LogP contribution >= 0.6 is 15.9 Å². The highest BCUT2D eigenvalue weighted by molar-refractivity contribution is 9.10. The van der Waals surface area contributed by atoms with Crippen LogP contribution in [0.4, 0.5) is 0 Å². The van der Waals surface area contributed by atoms with E-state index in [2.05, 4.69) is 15.9 Å². The molecule has 1 aliphatic carbocycles. The first-order valence-corrected chi connectivity index (χ1v) is 7.70. The number of ether oxygens (including phenoxy) is 2. The van der Waals surface area contributed by atoms with Crippen LogP contribution < -0.4 is 9.47 Å². The summed E-state index contributed by atoms with van der Waals surface area (Å²) in [6, 6.07) is 1.62. The van der Waals surface area contributed by atoms with Gasteiger partial charge in [0.25, 0.3) is 0 Å². The first-order valence-electron chi connectivity index (χ1n) is 6.91. The number of fused-ring (bicyclic) bond motifs is 1. The standard InChI is InChI=1S/C15H15BrO5/c16-10-7-9(8-17)12-13(21-6-5-20-12)11(10)15(14(18)19)3-1-2-4-15/h7-8H,1-6H2,(H,18,19). The van der Waals surface area contributed by atoms with Gasteiger partial charge >= 0.3 is 5.97 Å². The molecule has 1 aromatic rings. The first kappa shape index (κ1) is 14.4. The average Bonchev–Trinajstić information content (AvgIpc) is 2.97. The van der Waals surface area contributed by atoms with E-state index in [9.17, 15) is 14.7 Å². The topological polar surface area (TPSA) is 72.8 Å².